The zero-order valence-electron chi connectivity index (χ0n) is 10.6. The number of carbonyl (C=O) groups excluding carboxylic acids is 2. The van der Waals surface area contributed by atoms with E-state index in [2.05, 4.69) is 5.32 Å². The average molecular weight is 258 g/mol. The molecule has 1 N–H and O–H groups in total. The van der Waals surface area contributed by atoms with Crippen LogP contribution in [0.3, 0.4) is 0 Å². The van der Waals surface area contributed by atoms with Crippen LogP contribution in [0.2, 0.25) is 0 Å². The van der Waals surface area contributed by atoms with Crippen LogP contribution in [0.25, 0.3) is 0 Å². The highest BCUT2D eigenvalue weighted by atomic mass is 16.5. The first kappa shape index (κ1) is 13.1. The highest BCUT2D eigenvalue weighted by molar-refractivity contribution is 5.95. The molecule has 0 bridgehead atoms. The van der Waals surface area contributed by atoms with Crippen LogP contribution in [0.1, 0.15) is 25.3 Å². The molecule has 0 spiro atoms. The molecule has 1 aromatic carbocycles. The molecule has 0 aromatic heterocycles. The summed E-state index contributed by atoms with van der Waals surface area (Å²) < 4.78 is 5.05. The molecule has 0 saturated heterocycles. The highest BCUT2D eigenvalue weighted by Gasteiger charge is 2.33. The fourth-order valence-electron chi connectivity index (χ4n) is 1.51. The van der Waals surface area contributed by atoms with Gasteiger partial charge in [-0.3, -0.25) is 9.59 Å². The van der Waals surface area contributed by atoms with Crippen molar-refractivity contribution in [2.24, 2.45) is 5.92 Å². The van der Waals surface area contributed by atoms with E-state index in [0.29, 0.717) is 11.3 Å². The Morgan fingerprint density at radius 1 is 1.37 bits per heavy atom. The summed E-state index contributed by atoms with van der Waals surface area (Å²) in [6, 6.07) is 8.47. The number of hydrogen-bond donors (Lipinski definition) is 1. The van der Waals surface area contributed by atoms with Gasteiger partial charge in [0, 0.05) is 5.69 Å². The number of ether oxygens (including phenoxy) is 1. The Morgan fingerprint density at radius 2 is 2.00 bits per heavy atom. The van der Waals surface area contributed by atoms with Crippen molar-refractivity contribution in [2.75, 3.05) is 5.32 Å². The van der Waals surface area contributed by atoms with E-state index in [1.165, 1.54) is 0 Å². The Labute approximate surface area is 111 Å². The van der Waals surface area contributed by atoms with Crippen LogP contribution < -0.4 is 5.32 Å². The lowest BCUT2D eigenvalue weighted by molar-refractivity contribution is -0.154. The number of hydrogen-bond acceptors (Lipinski definition) is 4. The van der Waals surface area contributed by atoms with E-state index in [0.717, 1.165) is 12.8 Å². The van der Waals surface area contributed by atoms with Crippen molar-refractivity contribution in [3.05, 3.63) is 29.8 Å². The molecule has 5 heteroatoms. The maximum atomic E-state index is 11.8. The van der Waals surface area contributed by atoms with Crippen molar-refractivity contribution < 1.29 is 14.3 Å². The second-order valence-corrected chi connectivity index (χ2v) is 4.53. The van der Waals surface area contributed by atoms with Gasteiger partial charge >= 0.3 is 5.97 Å². The van der Waals surface area contributed by atoms with Gasteiger partial charge in [0.15, 0.2) is 6.10 Å². The Morgan fingerprint density at radius 3 is 2.53 bits per heavy atom. The van der Waals surface area contributed by atoms with Crippen molar-refractivity contribution in [3.63, 3.8) is 0 Å². The van der Waals surface area contributed by atoms with Gasteiger partial charge in [0.1, 0.15) is 0 Å². The molecule has 0 radical (unpaired) electrons. The number of nitrogens with zero attached hydrogens (tertiary/aromatic N) is 1. The van der Waals surface area contributed by atoms with E-state index in [1.807, 2.05) is 6.07 Å². The number of nitriles is 1. The molecule has 1 aromatic rings. The third-order valence-electron chi connectivity index (χ3n) is 2.85. The number of benzene rings is 1. The molecule has 0 aliphatic heterocycles. The predicted octanol–water partition coefficient (Wildman–Crippen LogP) is 1.84. The summed E-state index contributed by atoms with van der Waals surface area (Å²) in [5, 5.41) is 11.3. The molecular formula is C14H14N2O3. The standard InChI is InChI=1S/C14H14N2O3/c1-9(19-14(18)11-4-5-11)13(17)16-12-6-2-10(8-15)3-7-12/h2-3,6-7,9,11H,4-5H2,1H3,(H,16,17)/t9-/m1/s1. The fraction of sp³-hybridized carbons (Fsp3) is 0.357. The van der Waals surface area contributed by atoms with E-state index in [-0.39, 0.29) is 17.8 Å². The van der Waals surface area contributed by atoms with E-state index < -0.39 is 6.10 Å². The van der Waals surface area contributed by atoms with Crippen LogP contribution >= 0.6 is 0 Å². The Kier molecular flexibility index (Phi) is 3.81. The molecule has 98 valence electrons. The summed E-state index contributed by atoms with van der Waals surface area (Å²) in [4.78, 5) is 23.2. The fourth-order valence-corrected chi connectivity index (χ4v) is 1.51. The van der Waals surface area contributed by atoms with Gasteiger partial charge in [-0.1, -0.05) is 0 Å². The molecule has 0 heterocycles. The molecule has 2 rings (SSSR count). The van der Waals surface area contributed by atoms with Gasteiger partial charge in [-0.15, -0.1) is 0 Å². The van der Waals surface area contributed by atoms with Crippen LogP contribution in [-0.4, -0.2) is 18.0 Å². The quantitative estimate of drug-likeness (QED) is 0.836. The van der Waals surface area contributed by atoms with Gasteiger partial charge in [-0.2, -0.15) is 5.26 Å². The lowest BCUT2D eigenvalue weighted by Gasteiger charge is -2.13. The van der Waals surface area contributed by atoms with Gasteiger partial charge in [0.2, 0.25) is 0 Å². The summed E-state index contributed by atoms with van der Waals surface area (Å²) in [6.07, 6.45) is 0.884. The van der Waals surface area contributed by atoms with Crippen molar-refractivity contribution >= 4 is 17.6 Å². The van der Waals surface area contributed by atoms with E-state index in [9.17, 15) is 9.59 Å². The lowest BCUT2D eigenvalue weighted by atomic mass is 10.2. The highest BCUT2D eigenvalue weighted by Crippen LogP contribution is 2.30. The van der Waals surface area contributed by atoms with Crippen molar-refractivity contribution in [1.82, 2.24) is 0 Å². The Balaban J connectivity index is 1.88. The van der Waals surface area contributed by atoms with Crippen LogP contribution in [-0.2, 0) is 14.3 Å². The second kappa shape index (κ2) is 5.53. The van der Waals surface area contributed by atoms with Crippen molar-refractivity contribution in [3.8, 4) is 6.07 Å². The second-order valence-electron chi connectivity index (χ2n) is 4.53. The Bertz CT molecular complexity index is 527. The molecule has 0 unspecified atom stereocenters. The van der Waals surface area contributed by atoms with Gasteiger partial charge < -0.3 is 10.1 Å². The summed E-state index contributed by atoms with van der Waals surface area (Å²) in [6.45, 7) is 1.54. The monoisotopic (exact) mass is 258 g/mol. The number of esters is 1. The minimum atomic E-state index is -0.816. The molecule has 5 nitrogen and oxygen atoms in total. The molecule has 1 saturated carbocycles. The van der Waals surface area contributed by atoms with Crippen LogP contribution in [0, 0.1) is 17.2 Å². The van der Waals surface area contributed by atoms with E-state index in [4.69, 9.17) is 10.00 Å². The zero-order valence-corrected chi connectivity index (χ0v) is 10.6. The van der Waals surface area contributed by atoms with Gasteiger partial charge in [-0.25, -0.2) is 0 Å². The largest absolute Gasteiger partial charge is 0.452 e. The molecule has 1 atom stereocenters. The zero-order chi connectivity index (χ0) is 13.8. The summed E-state index contributed by atoms with van der Waals surface area (Å²) in [5.41, 5.74) is 1.09. The Hall–Kier alpha value is -2.35. The molecule has 19 heavy (non-hydrogen) atoms. The third-order valence-corrected chi connectivity index (χ3v) is 2.85. The first-order valence-corrected chi connectivity index (χ1v) is 6.11. The summed E-state index contributed by atoms with van der Waals surface area (Å²) in [5.74, 6) is -0.702. The minimum Gasteiger partial charge on any atom is -0.452 e. The number of anilines is 1. The molecule has 1 aliphatic carbocycles. The maximum Gasteiger partial charge on any atom is 0.309 e. The van der Waals surface area contributed by atoms with E-state index in [1.54, 1.807) is 31.2 Å². The summed E-state index contributed by atoms with van der Waals surface area (Å²) >= 11 is 0. The molecule has 1 fully saturated rings. The number of carbonyl (C=O) groups is 2. The van der Waals surface area contributed by atoms with Crippen LogP contribution in [0.4, 0.5) is 5.69 Å². The smallest absolute Gasteiger partial charge is 0.309 e. The SMILES string of the molecule is C[C@@H](OC(=O)C1CC1)C(=O)Nc1ccc(C#N)cc1. The van der Waals surface area contributed by atoms with Crippen LogP contribution in [0.15, 0.2) is 24.3 Å². The normalized spacial score (nSPS) is 15.2. The first-order valence-electron chi connectivity index (χ1n) is 6.11. The molecular weight excluding hydrogens is 244 g/mol. The van der Waals surface area contributed by atoms with Crippen LogP contribution in [0.5, 0.6) is 0 Å². The predicted molar refractivity (Wildman–Crippen MR) is 68.1 cm³/mol. The molecule has 1 amide bonds. The summed E-state index contributed by atoms with van der Waals surface area (Å²) in [7, 11) is 0. The van der Waals surface area contributed by atoms with Crippen molar-refractivity contribution in [2.45, 2.75) is 25.9 Å². The average Bonchev–Trinajstić information content (AvgIpc) is 3.23. The maximum absolute atomic E-state index is 11.8. The lowest BCUT2D eigenvalue weighted by Crippen LogP contribution is -2.30. The van der Waals surface area contributed by atoms with E-state index >= 15 is 0 Å². The van der Waals surface area contributed by atoms with Gasteiger partial charge in [0.25, 0.3) is 5.91 Å². The topological polar surface area (TPSA) is 79.2 Å². The number of amides is 1. The molecule has 1 aliphatic rings. The van der Waals surface area contributed by atoms with Gasteiger partial charge in [-0.05, 0) is 44.0 Å². The van der Waals surface area contributed by atoms with Crippen molar-refractivity contribution in [1.29, 1.82) is 5.26 Å². The third kappa shape index (κ3) is 3.55. The van der Waals surface area contributed by atoms with Gasteiger partial charge in [0.05, 0.1) is 17.6 Å². The first-order chi connectivity index (χ1) is 9.10. The minimum absolute atomic E-state index is 0.0230. The number of rotatable bonds is 4. The number of nitrogens with one attached hydrogen (secondary N) is 1.